The van der Waals surface area contributed by atoms with Gasteiger partial charge in [0.2, 0.25) is 11.1 Å². The Morgan fingerprint density at radius 2 is 2.24 bits per heavy atom. The summed E-state index contributed by atoms with van der Waals surface area (Å²) in [6.45, 7) is -0.638. The van der Waals surface area contributed by atoms with E-state index in [-0.39, 0.29) is 88.0 Å². The molecule has 1 saturated heterocycles. The fourth-order valence-electron chi connectivity index (χ4n) is 2.62. The number of aliphatic imine (C=N–C) groups is 1. The third-order valence-corrected chi connectivity index (χ3v) is 5.23. The summed E-state index contributed by atoms with van der Waals surface area (Å²) in [5.74, 6) is 4.77. The molecule has 18 heteroatoms. The van der Waals surface area contributed by atoms with Crippen molar-refractivity contribution in [1.82, 2.24) is 15.5 Å². The smallest absolute Gasteiger partial charge is 0.635 e. The summed E-state index contributed by atoms with van der Waals surface area (Å²) in [6, 6.07) is 4.08. The number of benzene rings is 1. The van der Waals surface area contributed by atoms with Gasteiger partial charge in [0.25, 0.3) is 0 Å². The zero-order valence-electron chi connectivity index (χ0n) is 18.0. The van der Waals surface area contributed by atoms with Crippen molar-refractivity contribution in [2.45, 2.75) is 6.10 Å². The molecule has 0 radical (unpaired) electrons. The van der Waals surface area contributed by atoms with Crippen LogP contribution in [0.25, 0.3) is 10.4 Å². The number of rotatable bonds is 7. The number of phosphoric ester groups is 1. The number of hydrogen-bond donors (Lipinski definition) is 4. The fraction of sp³-hybridized carbons (Fsp3) is 0.267. The van der Waals surface area contributed by atoms with Gasteiger partial charge in [0.1, 0.15) is 18.5 Å². The Labute approximate surface area is 236 Å². The number of anilines is 1. The summed E-state index contributed by atoms with van der Waals surface area (Å²) in [5, 5.41) is 1.38. The molecule has 1 fully saturated rings. The molecule has 3 rings (SSSR count). The summed E-state index contributed by atoms with van der Waals surface area (Å²) in [6.07, 6.45) is -0.325. The first-order valence-corrected chi connectivity index (χ1v) is 10.8. The van der Waals surface area contributed by atoms with E-state index in [4.69, 9.17) is 21.2 Å². The van der Waals surface area contributed by atoms with Gasteiger partial charge in [0, 0.05) is 18.8 Å². The zero-order chi connectivity index (χ0) is 22.8. The van der Waals surface area contributed by atoms with Crippen LogP contribution in [0.1, 0.15) is 0 Å². The minimum atomic E-state index is -4.95. The SMILES string of the molecule is CN(N)N/C(N)=N\c1ncc(-c2ccc(N3C[C@H](CO[P+]([O-])([O-])O)OC3=O)cc2F)s1.[Na+].[Na+]. The number of phosphoric acid groups is 1. The Hall–Kier alpha value is -0.490. The van der Waals surface area contributed by atoms with E-state index in [1.807, 2.05) is 0 Å². The van der Waals surface area contributed by atoms with Crippen LogP contribution in [0.5, 0.6) is 0 Å². The number of hydrogen-bond acceptors (Lipinski definition) is 11. The molecule has 0 spiro atoms. The molecule has 1 amide bonds. The number of amides is 1. The summed E-state index contributed by atoms with van der Waals surface area (Å²) < 4.78 is 23.9. The Morgan fingerprint density at radius 3 is 2.85 bits per heavy atom. The van der Waals surface area contributed by atoms with E-state index in [0.29, 0.717) is 4.88 Å². The summed E-state index contributed by atoms with van der Waals surface area (Å²) in [5.41, 5.74) is 8.62. The number of carbonyl (C=O) groups is 1. The van der Waals surface area contributed by atoms with Gasteiger partial charge in [0.15, 0.2) is 8.17 Å². The second kappa shape index (κ2) is 13.0. The second-order valence-electron chi connectivity index (χ2n) is 6.27. The van der Waals surface area contributed by atoms with Crippen LogP contribution in [-0.2, 0) is 9.26 Å². The number of aromatic nitrogens is 1. The molecule has 1 aromatic carbocycles. The van der Waals surface area contributed by atoms with Gasteiger partial charge in [-0.25, -0.2) is 23.6 Å². The van der Waals surface area contributed by atoms with Crippen molar-refractivity contribution in [3.05, 3.63) is 30.2 Å². The van der Waals surface area contributed by atoms with Crippen molar-refractivity contribution in [2.24, 2.45) is 16.6 Å². The topological polar surface area (TPSA) is 198 Å². The molecule has 6 N–H and O–H groups in total. The number of hydrazine groups is 2. The van der Waals surface area contributed by atoms with Crippen molar-refractivity contribution in [3.63, 3.8) is 0 Å². The summed E-state index contributed by atoms with van der Waals surface area (Å²) in [7, 11) is -3.43. The van der Waals surface area contributed by atoms with Crippen LogP contribution in [-0.4, -0.2) is 53.4 Å². The van der Waals surface area contributed by atoms with Gasteiger partial charge in [-0.05, 0) is 18.2 Å². The quantitative estimate of drug-likeness (QED) is 0.0676. The first kappa shape index (κ1) is 30.5. The molecule has 0 unspecified atom stereocenters. The van der Waals surface area contributed by atoms with Gasteiger partial charge in [0.05, 0.1) is 17.1 Å². The van der Waals surface area contributed by atoms with Crippen LogP contribution in [0.15, 0.2) is 29.4 Å². The molecule has 168 valence electrons. The van der Waals surface area contributed by atoms with Crippen molar-refractivity contribution in [1.29, 1.82) is 0 Å². The van der Waals surface area contributed by atoms with Crippen molar-refractivity contribution < 1.29 is 92.2 Å². The Bertz CT molecular complexity index is 996. The van der Waals surface area contributed by atoms with Crippen LogP contribution < -0.4 is 90.8 Å². The first-order valence-electron chi connectivity index (χ1n) is 8.53. The Kier molecular flexibility index (Phi) is 12.0. The Balaban J connectivity index is 0.00000272. The van der Waals surface area contributed by atoms with E-state index in [0.717, 1.165) is 27.4 Å². The molecule has 2 heterocycles. The minimum absolute atomic E-state index is 0. The molecule has 1 aromatic heterocycles. The number of nitrogens with two attached hydrogens (primary N) is 2. The number of cyclic esters (lactones) is 1. The molecular weight excluding hydrogens is 502 g/mol. The number of nitrogens with zero attached hydrogens (tertiary/aromatic N) is 4. The van der Waals surface area contributed by atoms with Gasteiger partial charge >= 0.3 is 65.2 Å². The van der Waals surface area contributed by atoms with Crippen LogP contribution in [0.2, 0.25) is 0 Å². The predicted molar refractivity (Wildman–Crippen MR) is 107 cm³/mol. The largest absolute Gasteiger partial charge is 1.00 e. The molecule has 1 aliphatic rings. The minimum Gasteiger partial charge on any atom is -0.635 e. The summed E-state index contributed by atoms with van der Waals surface area (Å²) >= 11 is 1.08. The third kappa shape index (κ3) is 8.91. The van der Waals surface area contributed by atoms with Crippen LogP contribution in [0.3, 0.4) is 0 Å². The predicted octanol–water partition coefficient (Wildman–Crippen LogP) is -7.05. The van der Waals surface area contributed by atoms with E-state index in [1.54, 1.807) is 0 Å². The molecular formula is C15H18FN7Na2O6PS+. The van der Waals surface area contributed by atoms with E-state index in [9.17, 15) is 19.0 Å². The Morgan fingerprint density at radius 1 is 1.55 bits per heavy atom. The van der Waals surface area contributed by atoms with E-state index < -0.39 is 32.8 Å². The maximum atomic E-state index is 14.7. The van der Waals surface area contributed by atoms with E-state index in [1.165, 1.54) is 25.4 Å². The monoisotopic (exact) mass is 520 g/mol. The number of carbonyl (C=O) groups excluding carboxylic acids is 1. The molecule has 33 heavy (non-hydrogen) atoms. The van der Waals surface area contributed by atoms with Crippen LogP contribution in [0, 0.1) is 5.82 Å². The maximum Gasteiger partial charge on any atom is 1.00 e. The molecule has 0 bridgehead atoms. The van der Waals surface area contributed by atoms with Gasteiger partial charge in [-0.2, -0.15) is 10.1 Å². The number of ether oxygens (including phenoxy) is 1. The fourth-order valence-corrected chi connectivity index (χ4v) is 3.80. The van der Waals surface area contributed by atoms with Gasteiger partial charge < -0.3 is 20.3 Å². The van der Waals surface area contributed by atoms with Crippen molar-refractivity contribution >= 4 is 42.4 Å². The first-order chi connectivity index (χ1) is 14.5. The third-order valence-electron chi connectivity index (χ3n) is 3.83. The van der Waals surface area contributed by atoms with Gasteiger partial charge in [-0.15, -0.1) is 0 Å². The average molecular weight is 520 g/mol. The molecule has 1 aliphatic heterocycles. The molecule has 0 saturated carbocycles. The van der Waals surface area contributed by atoms with Crippen LogP contribution >= 0.6 is 19.5 Å². The summed E-state index contributed by atoms with van der Waals surface area (Å²) in [4.78, 5) is 51.7. The second-order valence-corrected chi connectivity index (χ2v) is 8.48. The van der Waals surface area contributed by atoms with Gasteiger partial charge in [-0.3, -0.25) is 16.2 Å². The molecule has 0 aliphatic carbocycles. The number of halogens is 1. The molecule has 2 aromatic rings. The number of guanidine groups is 1. The van der Waals surface area contributed by atoms with E-state index >= 15 is 0 Å². The molecule has 13 nitrogen and oxygen atoms in total. The standard InChI is InChI=1S/C15H19FN7O6PS.2Na/c1-22(18)21-13(17)20-14-19-5-12(31-14)10-3-2-8(4-11(10)16)23-6-9(29-15(23)24)7-28-30(25,26)27;;/h2-5,9H,6-7,18H2,1H3,(H2,25,26,27)(H3,17,19,20,21);;/q;2*+1/p-1/t9-;;/m1../s1. The van der Waals surface area contributed by atoms with Gasteiger partial charge in [-0.1, -0.05) is 11.3 Å². The normalized spacial score (nSPS) is 16.3. The number of thiazole rings is 1. The van der Waals surface area contributed by atoms with E-state index in [2.05, 4.69) is 19.9 Å². The van der Waals surface area contributed by atoms with Crippen molar-refractivity contribution in [2.75, 3.05) is 25.1 Å². The zero-order valence-corrected chi connectivity index (χ0v) is 23.7. The maximum absolute atomic E-state index is 14.7. The average Bonchev–Trinajstić information content (AvgIpc) is 3.25. The van der Waals surface area contributed by atoms with Crippen LogP contribution in [0.4, 0.5) is 20.0 Å². The molecule has 1 atom stereocenters. The number of nitrogens with one attached hydrogen (secondary N) is 1. The van der Waals surface area contributed by atoms with Crippen molar-refractivity contribution in [3.8, 4) is 10.4 Å².